The third-order valence-electron chi connectivity index (χ3n) is 3.27. The highest BCUT2D eigenvalue weighted by Gasteiger charge is 2.16. The zero-order chi connectivity index (χ0) is 14.8. The van der Waals surface area contributed by atoms with E-state index in [1.165, 1.54) is 11.3 Å². The first-order valence-corrected chi connectivity index (χ1v) is 7.40. The Morgan fingerprint density at radius 1 is 1.33 bits per heavy atom. The van der Waals surface area contributed by atoms with Crippen molar-refractivity contribution in [1.82, 2.24) is 15.1 Å². The average molecular weight is 301 g/mol. The molecule has 6 heteroatoms. The van der Waals surface area contributed by atoms with Gasteiger partial charge in [0.1, 0.15) is 4.88 Å². The van der Waals surface area contributed by atoms with Crippen LogP contribution in [0.5, 0.6) is 0 Å². The fraction of sp³-hybridized carbons (Fsp3) is 0.200. The molecule has 0 fully saturated rings. The number of rotatable bonds is 5. The molecule has 0 bridgehead atoms. The lowest BCUT2D eigenvalue weighted by Crippen LogP contribution is -2.15. The van der Waals surface area contributed by atoms with Gasteiger partial charge in [0.2, 0.25) is 0 Å². The van der Waals surface area contributed by atoms with Crippen molar-refractivity contribution >= 4 is 27.4 Å². The first-order valence-electron chi connectivity index (χ1n) is 6.58. The molecule has 0 amide bonds. The SMILES string of the molecule is Cn1ccc(CNCc2c(C(=O)O)sc3ccccc23)n1. The van der Waals surface area contributed by atoms with Crippen LogP contribution in [0.25, 0.3) is 10.1 Å². The Hall–Kier alpha value is -2.18. The summed E-state index contributed by atoms with van der Waals surface area (Å²) in [5.74, 6) is -0.870. The van der Waals surface area contributed by atoms with E-state index in [4.69, 9.17) is 0 Å². The van der Waals surface area contributed by atoms with Gasteiger partial charge in [-0.25, -0.2) is 4.79 Å². The van der Waals surface area contributed by atoms with E-state index in [1.54, 1.807) is 4.68 Å². The Balaban J connectivity index is 1.82. The molecule has 0 aliphatic carbocycles. The third kappa shape index (κ3) is 2.81. The van der Waals surface area contributed by atoms with E-state index in [1.807, 2.05) is 43.6 Å². The van der Waals surface area contributed by atoms with E-state index in [9.17, 15) is 9.90 Å². The molecular formula is C15H15N3O2S. The second-order valence-corrected chi connectivity index (χ2v) is 5.85. The Labute approximate surface area is 125 Å². The highest BCUT2D eigenvalue weighted by Crippen LogP contribution is 2.31. The molecule has 21 heavy (non-hydrogen) atoms. The summed E-state index contributed by atoms with van der Waals surface area (Å²) in [5.41, 5.74) is 1.79. The van der Waals surface area contributed by atoms with Crippen molar-refractivity contribution in [2.75, 3.05) is 0 Å². The fourth-order valence-electron chi connectivity index (χ4n) is 2.32. The van der Waals surface area contributed by atoms with Gasteiger partial charge in [-0.1, -0.05) is 18.2 Å². The van der Waals surface area contributed by atoms with Crippen LogP contribution in [0.4, 0.5) is 0 Å². The molecule has 0 saturated carbocycles. The van der Waals surface area contributed by atoms with Gasteiger partial charge in [-0.05, 0) is 23.1 Å². The van der Waals surface area contributed by atoms with Gasteiger partial charge in [0.15, 0.2) is 0 Å². The molecular weight excluding hydrogens is 286 g/mol. The average Bonchev–Trinajstić information content (AvgIpc) is 3.03. The van der Waals surface area contributed by atoms with Crippen molar-refractivity contribution in [2.45, 2.75) is 13.1 Å². The van der Waals surface area contributed by atoms with Crippen molar-refractivity contribution in [1.29, 1.82) is 0 Å². The van der Waals surface area contributed by atoms with Crippen LogP contribution in [0, 0.1) is 0 Å². The predicted octanol–water partition coefficient (Wildman–Crippen LogP) is 2.62. The van der Waals surface area contributed by atoms with E-state index >= 15 is 0 Å². The molecule has 0 radical (unpaired) electrons. The number of aryl methyl sites for hydroxylation is 1. The van der Waals surface area contributed by atoms with Crippen molar-refractivity contribution in [2.24, 2.45) is 7.05 Å². The number of aromatic nitrogens is 2. The first kappa shape index (κ1) is 13.8. The van der Waals surface area contributed by atoms with Gasteiger partial charge in [0.05, 0.1) is 5.69 Å². The van der Waals surface area contributed by atoms with Crippen LogP contribution in [-0.2, 0) is 20.1 Å². The summed E-state index contributed by atoms with van der Waals surface area (Å²) >= 11 is 1.32. The zero-order valence-electron chi connectivity index (χ0n) is 11.5. The van der Waals surface area contributed by atoms with Crippen molar-refractivity contribution in [3.8, 4) is 0 Å². The van der Waals surface area contributed by atoms with E-state index in [0.29, 0.717) is 18.0 Å². The van der Waals surface area contributed by atoms with Crippen LogP contribution in [0.15, 0.2) is 36.5 Å². The Bertz CT molecular complexity index is 791. The summed E-state index contributed by atoms with van der Waals surface area (Å²) in [6.07, 6.45) is 1.89. The number of carboxylic acid groups (broad SMARTS) is 1. The lowest BCUT2D eigenvalue weighted by Gasteiger charge is -2.04. The number of hydrogen-bond donors (Lipinski definition) is 2. The van der Waals surface area contributed by atoms with E-state index in [2.05, 4.69) is 10.4 Å². The first-order chi connectivity index (χ1) is 10.1. The van der Waals surface area contributed by atoms with Gasteiger partial charge in [-0.3, -0.25) is 4.68 Å². The molecule has 0 aliphatic heterocycles. The molecule has 0 spiro atoms. The number of carbonyl (C=O) groups is 1. The number of benzene rings is 1. The molecule has 3 aromatic rings. The Kier molecular flexibility index (Phi) is 3.72. The Morgan fingerprint density at radius 3 is 2.86 bits per heavy atom. The van der Waals surface area contributed by atoms with E-state index < -0.39 is 5.97 Å². The van der Waals surface area contributed by atoms with Crippen molar-refractivity contribution in [3.05, 3.63) is 52.7 Å². The third-order valence-corrected chi connectivity index (χ3v) is 4.47. The molecule has 0 aliphatic rings. The van der Waals surface area contributed by atoms with Crippen LogP contribution in [0.2, 0.25) is 0 Å². The van der Waals surface area contributed by atoms with E-state index in [-0.39, 0.29) is 0 Å². The number of aromatic carboxylic acids is 1. The summed E-state index contributed by atoms with van der Waals surface area (Å²) in [7, 11) is 1.87. The number of hydrogen-bond acceptors (Lipinski definition) is 4. The summed E-state index contributed by atoms with van der Waals surface area (Å²) in [6, 6.07) is 9.72. The lowest BCUT2D eigenvalue weighted by molar-refractivity contribution is 0.0701. The molecule has 0 atom stereocenters. The smallest absolute Gasteiger partial charge is 0.346 e. The molecule has 108 valence electrons. The minimum Gasteiger partial charge on any atom is -0.477 e. The highest BCUT2D eigenvalue weighted by atomic mass is 32.1. The number of fused-ring (bicyclic) bond motifs is 1. The molecule has 1 aromatic carbocycles. The molecule has 2 heterocycles. The maximum Gasteiger partial charge on any atom is 0.346 e. The van der Waals surface area contributed by atoms with Crippen LogP contribution in [0.1, 0.15) is 20.9 Å². The molecule has 5 nitrogen and oxygen atoms in total. The van der Waals surface area contributed by atoms with Gasteiger partial charge in [0, 0.05) is 31.0 Å². The number of nitrogens with one attached hydrogen (secondary N) is 1. The lowest BCUT2D eigenvalue weighted by atomic mass is 10.1. The molecule has 0 unspecified atom stereocenters. The highest BCUT2D eigenvalue weighted by molar-refractivity contribution is 7.21. The van der Waals surface area contributed by atoms with Crippen LogP contribution >= 0.6 is 11.3 Å². The van der Waals surface area contributed by atoms with Crippen LogP contribution in [-0.4, -0.2) is 20.9 Å². The van der Waals surface area contributed by atoms with Crippen LogP contribution in [0.3, 0.4) is 0 Å². The minimum atomic E-state index is -0.870. The largest absolute Gasteiger partial charge is 0.477 e. The van der Waals surface area contributed by atoms with Gasteiger partial charge in [-0.15, -0.1) is 11.3 Å². The monoisotopic (exact) mass is 301 g/mol. The molecule has 3 rings (SSSR count). The van der Waals surface area contributed by atoms with Gasteiger partial charge in [-0.2, -0.15) is 5.10 Å². The van der Waals surface area contributed by atoms with Gasteiger partial charge >= 0.3 is 5.97 Å². The molecule has 2 N–H and O–H groups in total. The molecule has 2 aromatic heterocycles. The maximum absolute atomic E-state index is 11.4. The standard InChI is InChI=1S/C15H15N3O2S/c1-18-7-6-10(17-18)8-16-9-12-11-4-2-3-5-13(11)21-14(12)15(19)20/h2-7,16H,8-9H2,1H3,(H,19,20). The number of nitrogens with zero attached hydrogens (tertiary/aromatic N) is 2. The summed E-state index contributed by atoms with van der Waals surface area (Å²) < 4.78 is 2.75. The van der Waals surface area contributed by atoms with Gasteiger partial charge < -0.3 is 10.4 Å². The topological polar surface area (TPSA) is 67.2 Å². The number of thiophene rings is 1. The van der Waals surface area contributed by atoms with Crippen LogP contribution < -0.4 is 5.32 Å². The zero-order valence-corrected chi connectivity index (χ0v) is 12.4. The molecule has 0 saturated heterocycles. The van der Waals surface area contributed by atoms with Crippen molar-refractivity contribution < 1.29 is 9.90 Å². The maximum atomic E-state index is 11.4. The minimum absolute atomic E-state index is 0.407. The predicted molar refractivity (Wildman–Crippen MR) is 82.5 cm³/mol. The van der Waals surface area contributed by atoms with E-state index in [0.717, 1.165) is 21.3 Å². The summed E-state index contributed by atoms with van der Waals surface area (Å²) in [6.45, 7) is 1.13. The summed E-state index contributed by atoms with van der Waals surface area (Å²) in [4.78, 5) is 11.8. The van der Waals surface area contributed by atoms with Crippen molar-refractivity contribution in [3.63, 3.8) is 0 Å². The second kappa shape index (κ2) is 5.67. The fourth-order valence-corrected chi connectivity index (χ4v) is 3.38. The number of carboxylic acids is 1. The van der Waals surface area contributed by atoms with Gasteiger partial charge in [0.25, 0.3) is 0 Å². The quantitative estimate of drug-likeness (QED) is 0.760. The second-order valence-electron chi connectivity index (χ2n) is 4.80. The normalized spacial score (nSPS) is 11.1. The Morgan fingerprint density at radius 2 is 2.14 bits per heavy atom. The summed E-state index contributed by atoms with van der Waals surface area (Å²) in [5, 5.41) is 17.9.